The van der Waals surface area contributed by atoms with Crippen LogP contribution < -0.4 is 16.0 Å². The maximum absolute atomic E-state index is 6.58. The fraction of sp³-hybridized carbons (Fsp3) is 0.900. The van der Waals surface area contributed by atoms with Crippen molar-refractivity contribution in [1.82, 2.24) is 19.9 Å². The minimum absolute atomic E-state index is 0.245. The molecule has 2 heterocycles. The largest absolute Gasteiger partial charge is 0.368 e. The SMILES string of the molecule is CCCCCCCCCCCCCCCCCCNc1nc(NCCCCCCCCCCCCCCCCCC)c2nc(Cl)nc(NCCCCCCCCCCCCCCCCCC)c2n1. The van der Waals surface area contributed by atoms with Crippen LogP contribution in [0.5, 0.6) is 0 Å². The Labute approximate surface area is 428 Å². The van der Waals surface area contributed by atoms with Gasteiger partial charge in [0.25, 0.3) is 0 Å². The van der Waals surface area contributed by atoms with Crippen molar-refractivity contribution in [3.8, 4) is 0 Å². The van der Waals surface area contributed by atoms with Gasteiger partial charge in [-0.05, 0) is 30.9 Å². The van der Waals surface area contributed by atoms with Crippen molar-refractivity contribution in [2.45, 2.75) is 329 Å². The van der Waals surface area contributed by atoms with Gasteiger partial charge in [-0.15, -0.1) is 0 Å². The normalized spacial score (nSPS) is 11.6. The molecule has 0 unspecified atom stereocenters. The Morgan fingerprint density at radius 3 is 0.750 bits per heavy atom. The quantitative estimate of drug-likeness (QED) is 0.0450. The number of hydrogen-bond donors (Lipinski definition) is 3. The lowest BCUT2D eigenvalue weighted by atomic mass is 10.0. The number of anilines is 3. The van der Waals surface area contributed by atoms with Gasteiger partial charge in [-0.1, -0.05) is 310 Å². The Bertz CT molecular complexity index is 1360. The molecule has 0 spiro atoms. The van der Waals surface area contributed by atoms with E-state index in [9.17, 15) is 0 Å². The van der Waals surface area contributed by atoms with Gasteiger partial charge in [0, 0.05) is 19.6 Å². The second kappa shape index (κ2) is 48.7. The highest BCUT2D eigenvalue weighted by atomic mass is 35.5. The van der Waals surface area contributed by atoms with Crippen LogP contribution >= 0.6 is 11.6 Å². The van der Waals surface area contributed by atoms with Crippen LogP contribution in [0.3, 0.4) is 0 Å². The monoisotopic (exact) mass is 968 g/mol. The molecule has 0 aliphatic carbocycles. The standard InChI is InChI=1S/C60H114ClN7/c1-4-7-10-13-16-19-22-25-28-31-34-37-40-43-46-49-52-62-57-56-55(65-59(61)67-57)58(63-53-50-47-44-41-38-35-32-29-26-23-20-17-14-11-8-5-2)68-60(66-56)64-54-51-48-45-42-39-36-33-30-27-24-21-18-15-12-9-6-3/h4-54H2,1-3H3,(H,62,65,67)(H2,63,64,66,68). The Kier molecular flexibility index (Phi) is 44.6. The van der Waals surface area contributed by atoms with Gasteiger partial charge in [-0.25, -0.2) is 9.97 Å². The zero-order valence-corrected chi connectivity index (χ0v) is 46.5. The first kappa shape index (κ1) is 62.2. The summed E-state index contributed by atoms with van der Waals surface area (Å²) < 4.78 is 0. The van der Waals surface area contributed by atoms with E-state index in [2.05, 4.69) is 46.7 Å². The zero-order valence-electron chi connectivity index (χ0n) is 45.7. The lowest BCUT2D eigenvalue weighted by molar-refractivity contribution is 0.530. The maximum Gasteiger partial charge on any atom is 0.225 e. The minimum atomic E-state index is 0.245. The van der Waals surface area contributed by atoms with Gasteiger partial charge in [0.2, 0.25) is 11.2 Å². The number of aromatic nitrogens is 4. The van der Waals surface area contributed by atoms with Gasteiger partial charge in [0.1, 0.15) is 11.0 Å². The lowest BCUT2D eigenvalue weighted by Gasteiger charge is -2.14. The van der Waals surface area contributed by atoms with E-state index in [4.69, 9.17) is 21.6 Å². The number of rotatable bonds is 54. The third-order valence-electron chi connectivity index (χ3n) is 14.5. The molecule has 0 bridgehead atoms. The van der Waals surface area contributed by atoms with E-state index in [0.29, 0.717) is 11.5 Å². The zero-order chi connectivity index (χ0) is 48.5. The molecule has 0 aliphatic rings. The highest BCUT2D eigenvalue weighted by molar-refractivity contribution is 6.29. The second-order valence-corrected chi connectivity index (χ2v) is 21.5. The molecule has 0 aromatic carbocycles. The number of nitrogens with one attached hydrogen (secondary N) is 3. The van der Waals surface area contributed by atoms with Crippen LogP contribution in [0.1, 0.15) is 329 Å². The fourth-order valence-electron chi connectivity index (χ4n) is 9.95. The Hall–Kier alpha value is -1.89. The first-order valence-corrected chi connectivity index (χ1v) is 31.0. The molecule has 0 saturated heterocycles. The van der Waals surface area contributed by atoms with Crippen molar-refractivity contribution in [2.75, 3.05) is 35.6 Å². The number of fused-ring (bicyclic) bond motifs is 1. The molecule has 396 valence electrons. The first-order valence-electron chi connectivity index (χ1n) is 30.7. The van der Waals surface area contributed by atoms with Crippen LogP contribution in [0, 0.1) is 0 Å². The maximum atomic E-state index is 6.58. The molecule has 0 atom stereocenters. The summed E-state index contributed by atoms with van der Waals surface area (Å²) in [7, 11) is 0. The summed E-state index contributed by atoms with van der Waals surface area (Å²) in [6.45, 7) is 9.50. The van der Waals surface area contributed by atoms with Crippen molar-refractivity contribution >= 4 is 40.2 Å². The summed E-state index contributed by atoms with van der Waals surface area (Å²) >= 11 is 6.58. The predicted molar refractivity (Wildman–Crippen MR) is 304 cm³/mol. The topological polar surface area (TPSA) is 87.7 Å². The molecular weight excluding hydrogens is 854 g/mol. The molecular formula is C60H114ClN7. The summed E-state index contributed by atoms with van der Waals surface area (Å²) in [6, 6.07) is 0. The molecule has 0 amide bonds. The molecule has 0 radical (unpaired) electrons. The average molecular weight is 969 g/mol. The summed E-state index contributed by atoms with van der Waals surface area (Å²) in [4.78, 5) is 19.3. The Morgan fingerprint density at radius 2 is 0.471 bits per heavy atom. The van der Waals surface area contributed by atoms with Crippen molar-refractivity contribution in [2.24, 2.45) is 0 Å². The predicted octanol–water partition coefficient (Wildman–Crippen LogP) is 21.1. The summed E-state index contributed by atoms with van der Waals surface area (Å²) in [6.07, 6.45) is 66.0. The van der Waals surface area contributed by atoms with Crippen LogP contribution in [0.4, 0.5) is 17.6 Å². The number of nitrogens with zero attached hydrogens (tertiary/aromatic N) is 4. The van der Waals surface area contributed by atoms with Crippen molar-refractivity contribution in [1.29, 1.82) is 0 Å². The van der Waals surface area contributed by atoms with Crippen LogP contribution in [0.15, 0.2) is 0 Å². The smallest absolute Gasteiger partial charge is 0.225 e. The molecule has 2 rings (SSSR count). The van der Waals surface area contributed by atoms with Crippen LogP contribution in [0.2, 0.25) is 5.28 Å². The van der Waals surface area contributed by atoms with Gasteiger partial charge in [-0.2, -0.15) is 9.97 Å². The van der Waals surface area contributed by atoms with Crippen LogP contribution in [-0.4, -0.2) is 39.6 Å². The van der Waals surface area contributed by atoms with Crippen molar-refractivity contribution in [3.05, 3.63) is 5.28 Å². The van der Waals surface area contributed by atoms with Crippen LogP contribution in [0.25, 0.3) is 11.0 Å². The van der Waals surface area contributed by atoms with E-state index in [1.54, 1.807) is 0 Å². The number of hydrogen-bond acceptors (Lipinski definition) is 7. The third kappa shape index (κ3) is 37.0. The molecule has 0 fully saturated rings. The number of unbranched alkanes of at least 4 members (excludes halogenated alkanes) is 45. The van der Waals surface area contributed by atoms with E-state index >= 15 is 0 Å². The molecule has 8 heteroatoms. The molecule has 0 aliphatic heterocycles. The van der Waals surface area contributed by atoms with E-state index in [0.717, 1.165) is 56.0 Å². The van der Waals surface area contributed by atoms with Gasteiger partial charge in [-0.3, -0.25) is 0 Å². The average Bonchev–Trinajstić information content (AvgIpc) is 3.34. The molecule has 2 aromatic rings. The van der Waals surface area contributed by atoms with E-state index in [-0.39, 0.29) is 5.28 Å². The molecule has 68 heavy (non-hydrogen) atoms. The molecule has 2 aromatic heterocycles. The highest BCUT2D eigenvalue weighted by Crippen LogP contribution is 2.28. The van der Waals surface area contributed by atoms with Crippen LogP contribution in [-0.2, 0) is 0 Å². The molecule has 3 N–H and O–H groups in total. The Morgan fingerprint density at radius 1 is 0.250 bits per heavy atom. The molecule has 0 saturated carbocycles. The highest BCUT2D eigenvalue weighted by Gasteiger charge is 2.16. The van der Waals surface area contributed by atoms with Gasteiger partial charge >= 0.3 is 0 Å². The fourth-order valence-corrected chi connectivity index (χ4v) is 10.1. The minimum Gasteiger partial charge on any atom is -0.368 e. The lowest BCUT2D eigenvalue weighted by Crippen LogP contribution is -2.12. The van der Waals surface area contributed by atoms with Gasteiger partial charge < -0.3 is 16.0 Å². The van der Waals surface area contributed by atoms with Gasteiger partial charge in [0.15, 0.2) is 11.6 Å². The van der Waals surface area contributed by atoms with E-state index < -0.39 is 0 Å². The molecule has 7 nitrogen and oxygen atoms in total. The van der Waals surface area contributed by atoms with Crippen molar-refractivity contribution in [3.63, 3.8) is 0 Å². The van der Waals surface area contributed by atoms with Crippen molar-refractivity contribution < 1.29 is 0 Å². The summed E-state index contributed by atoms with van der Waals surface area (Å²) in [5.41, 5.74) is 1.47. The van der Waals surface area contributed by atoms with Gasteiger partial charge in [0.05, 0.1) is 0 Å². The number of halogens is 1. The van der Waals surface area contributed by atoms with E-state index in [1.807, 2.05) is 0 Å². The summed E-state index contributed by atoms with van der Waals surface area (Å²) in [5.74, 6) is 2.14. The second-order valence-electron chi connectivity index (χ2n) is 21.1. The van der Waals surface area contributed by atoms with E-state index in [1.165, 1.54) is 289 Å². The first-order chi connectivity index (χ1) is 33.7. The third-order valence-corrected chi connectivity index (χ3v) is 14.6. The summed E-state index contributed by atoms with van der Waals surface area (Å²) in [5, 5.41) is 11.1. The Balaban J connectivity index is 1.74.